The van der Waals surface area contributed by atoms with Crippen LogP contribution < -0.4 is 10.6 Å². The number of hydrogen-bond donors (Lipinski definition) is 2. The van der Waals surface area contributed by atoms with E-state index in [-0.39, 0.29) is 0 Å². The molecule has 5 rings (SSSR count). The number of anilines is 3. The van der Waals surface area contributed by atoms with Gasteiger partial charge in [-0.25, -0.2) is 9.97 Å². The summed E-state index contributed by atoms with van der Waals surface area (Å²) >= 11 is 1.63. The number of imidazole rings is 1. The highest BCUT2D eigenvalue weighted by molar-refractivity contribution is 7.14. The van der Waals surface area contributed by atoms with Crippen molar-refractivity contribution in [3.63, 3.8) is 0 Å². The zero-order valence-corrected chi connectivity index (χ0v) is 17.8. The summed E-state index contributed by atoms with van der Waals surface area (Å²) < 4.78 is 1.99. The number of rotatable bonds is 6. The molecule has 2 aromatic heterocycles. The second-order valence-electron chi connectivity index (χ2n) is 7.84. The molecule has 2 aromatic carbocycles. The maximum absolute atomic E-state index is 4.81. The first-order valence-electron chi connectivity index (χ1n) is 10.4. The van der Waals surface area contributed by atoms with Crippen LogP contribution in [0.1, 0.15) is 31.2 Å². The van der Waals surface area contributed by atoms with Gasteiger partial charge in [-0.05, 0) is 49.6 Å². The van der Waals surface area contributed by atoms with Gasteiger partial charge in [0.25, 0.3) is 0 Å². The van der Waals surface area contributed by atoms with Crippen LogP contribution in [-0.2, 0) is 0 Å². The van der Waals surface area contributed by atoms with Crippen LogP contribution in [-0.4, -0.2) is 20.6 Å². The Bertz CT molecular complexity index is 1110. The lowest BCUT2D eigenvalue weighted by Crippen LogP contribution is -2.14. The normalized spacial score (nSPS) is 14.2. The van der Waals surface area contributed by atoms with Crippen LogP contribution in [0.2, 0.25) is 0 Å². The minimum atomic E-state index is 0.609. The summed E-state index contributed by atoms with van der Waals surface area (Å²) in [5.41, 5.74) is 6.69. The van der Waals surface area contributed by atoms with Gasteiger partial charge >= 0.3 is 0 Å². The molecule has 30 heavy (non-hydrogen) atoms. The molecular weight excluding hydrogens is 390 g/mol. The summed E-state index contributed by atoms with van der Waals surface area (Å²) in [6.07, 6.45) is 10.7. The Morgan fingerprint density at radius 1 is 1.07 bits per heavy atom. The highest BCUT2D eigenvalue weighted by Crippen LogP contribution is 2.31. The second kappa shape index (κ2) is 8.32. The van der Waals surface area contributed by atoms with Crippen molar-refractivity contribution in [3.8, 4) is 16.9 Å². The van der Waals surface area contributed by atoms with E-state index in [1.807, 2.05) is 10.8 Å². The molecule has 0 radical (unpaired) electrons. The summed E-state index contributed by atoms with van der Waals surface area (Å²) in [5, 5.41) is 10.2. The van der Waals surface area contributed by atoms with E-state index in [1.54, 1.807) is 23.9 Å². The summed E-state index contributed by atoms with van der Waals surface area (Å²) in [6, 6.07) is 15.5. The van der Waals surface area contributed by atoms with Crippen molar-refractivity contribution in [3.05, 3.63) is 72.1 Å². The number of benzene rings is 2. The number of hydrogen-bond acceptors (Lipinski definition) is 5. The fourth-order valence-electron chi connectivity index (χ4n) is 3.95. The molecule has 1 saturated carbocycles. The van der Waals surface area contributed by atoms with Crippen LogP contribution in [0.3, 0.4) is 0 Å². The lowest BCUT2D eigenvalue weighted by Gasteiger charge is -2.16. The van der Waals surface area contributed by atoms with Gasteiger partial charge in [-0.15, -0.1) is 11.3 Å². The van der Waals surface area contributed by atoms with Crippen LogP contribution >= 0.6 is 11.3 Å². The van der Waals surface area contributed by atoms with Gasteiger partial charge in [0.15, 0.2) is 5.13 Å². The van der Waals surface area contributed by atoms with Gasteiger partial charge in [0, 0.05) is 46.4 Å². The molecule has 1 aliphatic carbocycles. The number of nitrogens with zero attached hydrogens (tertiary/aromatic N) is 3. The Balaban J connectivity index is 1.31. The highest BCUT2D eigenvalue weighted by Gasteiger charge is 2.15. The van der Waals surface area contributed by atoms with Crippen molar-refractivity contribution in [2.24, 2.45) is 0 Å². The third-order valence-corrected chi connectivity index (χ3v) is 6.43. The first-order valence-corrected chi connectivity index (χ1v) is 11.3. The molecule has 2 N–H and O–H groups in total. The maximum Gasteiger partial charge on any atom is 0.187 e. The molecular formula is C24H25N5S. The lowest BCUT2D eigenvalue weighted by atomic mass is 10.1. The topological polar surface area (TPSA) is 54.8 Å². The third-order valence-electron chi connectivity index (χ3n) is 5.67. The van der Waals surface area contributed by atoms with Crippen molar-refractivity contribution in [2.45, 2.75) is 38.6 Å². The van der Waals surface area contributed by atoms with E-state index in [2.05, 4.69) is 70.4 Å². The molecule has 2 heterocycles. The monoisotopic (exact) mass is 415 g/mol. The van der Waals surface area contributed by atoms with E-state index in [9.17, 15) is 0 Å². The quantitative estimate of drug-likeness (QED) is 0.382. The Hall–Kier alpha value is -3.12. The van der Waals surface area contributed by atoms with Crippen molar-refractivity contribution in [1.29, 1.82) is 0 Å². The van der Waals surface area contributed by atoms with Crippen molar-refractivity contribution < 1.29 is 0 Å². The first kappa shape index (κ1) is 18.9. The molecule has 0 amide bonds. The Morgan fingerprint density at radius 2 is 1.90 bits per heavy atom. The van der Waals surface area contributed by atoms with Gasteiger partial charge in [-0.3, -0.25) is 0 Å². The minimum absolute atomic E-state index is 0.609. The largest absolute Gasteiger partial charge is 0.382 e. The van der Waals surface area contributed by atoms with Crippen LogP contribution in [0.15, 0.2) is 66.6 Å². The molecule has 0 bridgehead atoms. The molecule has 0 atom stereocenters. The number of nitrogens with one attached hydrogen (secondary N) is 2. The molecule has 6 heteroatoms. The van der Waals surface area contributed by atoms with Crippen molar-refractivity contribution in [1.82, 2.24) is 14.5 Å². The van der Waals surface area contributed by atoms with E-state index in [0.717, 1.165) is 27.8 Å². The summed E-state index contributed by atoms with van der Waals surface area (Å²) in [5.74, 6) is 0. The Kier molecular flexibility index (Phi) is 5.24. The Morgan fingerprint density at radius 3 is 2.67 bits per heavy atom. The predicted octanol–water partition coefficient (Wildman–Crippen LogP) is 6.40. The van der Waals surface area contributed by atoms with Crippen molar-refractivity contribution in [2.75, 3.05) is 10.6 Å². The Labute approximate surface area is 180 Å². The van der Waals surface area contributed by atoms with E-state index < -0.39 is 0 Å². The van der Waals surface area contributed by atoms with Gasteiger partial charge in [0.2, 0.25) is 0 Å². The standard InChI is InChI=1S/C24H25N5S/c1-17-6-9-20(26-19-4-2-3-5-19)14-22(17)27-24-28-23(15-30-24)18-7-10-21(11-8-18)29-13-12-25-16-29/h6-16,19,26H,2-5H2,1H3,(H,27,28). The zero-order valence-electron chi connectivity index (χ0n) is 17.0. The molecule has 0 spiro atoms. The van der Waals surface area contributed by atoms with Gasteiger partial charge < -0.3 is 15.2 Å². The molecule has 0 unspecified atom stereocenters. The molecule has 4 aromatic rings. The summed E-state index contributed by atoms with van der Waals surface area (Å²) in [7, 11) is 0. The van der Waals surface area contributed by atoms with E-state index in [0.29, 0.717) is 6.04 Å². The van der Waals surface area contributed by atoms with Gasteiger partial charge in [-0.1, -0.05) is 31.0 Å². The summed E-state index contributed by atoms with van der Waals surface area (Å²) in [4.78, 5) is 8.91. The van der Waals surface area contributed by atoms with Crippen LogP contribution in [0.5, 0.6) is 0 Å². The number of aryl methyl sites for hydroxylation is 1. The van der Waals surface area contributed by atoms with Crippen LogP contribution in [0.25, 0.3) is 16.9 Å². The average Bonchev–Trinajstić information content (AvgIpc) is 3.54. The maximum atomic E-state index is 4.81. The van der Waals surface area contributed by atoms with E-state index in [4.69, 9.17) is 4.98 Å². The second-order valence-corrected chi connectivity index (χ2v) is 8.69. The highest BCUT2D eigenvalue weighted by atomic mass is 32.1. The molecule has 5 nitrogen and oxygen atoms in total. The van der Waals surface area contributed by atoms with Gasteiger partial charge in [-0.2, -0.15) is 0 Å². The van der Waals surface area contributed by atoms with Gasteiger partial charge in [0.1, 0.15) is 0 Å². The third kappa shape index (κ3) is 4.09. The fourth-order valence-corrected chi connectivity index (χ4v) is 4.68. The van der Waals surface area contributed by atoms with Crippen LogP contribution in [0.4, 0.5) is 16.5 Å². The van der Waals surface area contributed by atoms with E-state index in [1.165, 1.54) is 36.9 Å². The van der Waals surface area contributed by atoms with Crippen LogP contribution in [0, 0.1) is 6.92 Å². The molecule has 0 aliphatic heterocycles. The molecule has 1 fully saturated rings. The van der Waals surface area contributed by atoms with E-state index >= 15 is 0 Å². The molecule has 152 valence electrons. The SMILES string of the molecule is Cc1ccc(NC2CCCC2)cc1Nc1nc(-c2ccc(-n3ccnc3)cc2)cs1. The molecule has 1 aliphatic rings. The predicted molar refractivity (Wildman–Crippen MR) is 125 cm³/mol. The number of thiazole rings is 1. The van der Waals surface area contributed by atoms with Gasteiger partial charge in [0.05, 0.1) is 12.0 Å². The summed E-state index contributed by atoms with van der Waals surface area (Å²) in [6.45, 7) is 2.13. The molecule has 0 saturated heterocycles. The zero-order chi connectivity index (χ0) is 20.3. The fraction of sp³-hybridized carbons (Fsp3) is 0.250. The minimum Gasteiger partial charge on any atom is -0.382 e. The first-order chi connectivity index (χ1) is 14.7. The smallest absolute Gasteiger partial charge is 0.187 e. The lowest BCUT2D eigenvalue weighted by molar-refractivity contribution is 0.755. The average molecular weight is 416 g/mol. The van der Waals surface area contributed by atoms with Crippen molar-refractivity contribution >= 4 is 27.8 Å². The number of aromatic nitrogens is 3.